The number of nitrogens with zero attached hydrogens (tertiary/aromatic N) is 1. The van der Waals surface area contributed by atoms with Gasteiger partial charge in [0, 0.05) is 19.2 Å². The van der Waals surface area contributed by atoms with Gasteiger partial charge in [0.15, 0.2) is 5.82 Å². The molecule has 1 aromatic heterocycles. The molecule has 0 radical (unpaired) electrons. The third-order valence-electron chi connectivity index (χ3n) is 1.69. The molecule has 0 atom stereocenters. The number of anilines is 2. The summed E-state index contributed by atoms with van der Waals surface area (Å²) in [6, 6.07) is 2.49. The van der Waals surface area contributed by atoms with Crippen LogP contribution in [-0.2, 0) is 0 Å². The van der Waals surface area contributed by atoms with Crippen LogP contribution in [0.1, 0.15) is 12.8 Å². The maximum absolute atomic E-state index is 4.92. The van der Waals surface area contributed by atoms with Crippen molar-refractivity contribution in [2.75, 3.05) is 17.7 Å². The van der Waals surface area contributed by atoms with Gasteiger partial charge in [-0.05, 0) is 12.8 Å². The highest BCUT2D eigenvalue weighted by Crippen LogP contribution is 2.24. The van der Waals surface area contributed by atoms with Crippen molar-refractivity contribution >= 4 is 11.7 Å². The molecule has 0 saturated heterocycles. The second-order valence-electron chi connectivity index (χ2n) is 2.75. The normalized spacial score (nSPS) is 16.5. The molecule has 4 nitrogen and oxygen atoms in total. The van der Waals surface area contributed by atoms with E-state index in [2.05, 4.69) is 15.8 Å². The molecule has 1 saturated carbocycles. The molecule has 1 fully saturated rings. The van der Waals surface area contributed by atoms with Crippen LogP contribution in [-0.4, -0.2) is 18.2 Å². The standard InChI is InChI=1S/C7H11N3O/c1-8-7-4-6(10-11-7)9-5-2-3-5/h4-5,8H,2-3H2,1H3,(H,9,10). The predicted octanol–water partition coefficient (Wildman–Crippen LogP) is 1.29. The first kappa shape index (κ1) is 6.52. The second-order valence-corrected chi connectivity index (χ2v) is 2.75. The summed E-state index contributed by atoms with van der Waals surface area (Å²) in [4.78, 5) is 0. The van der Waals surface area contributed by atoms with Crippen LogP contribution in [0.25, 0.3) is 0 Å². The van der Waals surface area contributed by atoms with Gasteiger partial charge in [-0.2, -0.15) is 0 Å². The first-order chi connectivity index (χ1) is 5.38. The van der Waals surface area contributed by atoms with Gasteiger partial charge >= 0.3 is 0 Å². The van der Waals surface area contributed by atoms with Crippen LogP contribution >= 0.6 is 0 Å². The number of nitrogens with one attached hydrogen (secondary N) is 2. The highest BCUT2D eigenvalue weighted by atomic mass is 16.5. The van der Waals surface area contributed by atoms with Crippen molar-refractivity contribution in [1.29, 1.82) is 0 Å². The second kappa shape index (κ2) is 2.45. The molecule has 0 aromatic carbocycles. The van der Waals surface area contributed by atoms with E-state index in [1.165, 1.54) is 12.8 Å². The molecule has 0 spiro atoms. The van der Waals surface area contributed by atoms with Crippen LogP contribution in [0.2, 0.25) is 0 Å². The molecular weight excluding hydrogens is 142 g/mol. The van der Waals surface area contributed by atoms with E-state index in [1.807, 2.05) is 6.07 Å². The minimum absolute atomic E-state index is 0.629. The number of rotatable bonds is 3. The maximum Gasteiger partial charge on any atom is 0.226 e. The Kier molecular flexibility index (Phi) is 1.45. The number of hydrogen-bond donors (Lipinski definition) is 2. The third-order valence-corrected chi connectivity index (χ3v) is 1.69. The van der Waals surface area contributed by atoms with Crippen molar-refractivity contribution in [2.45, 2.75) is 18.9 Å². The molecule has 1 aromatic rings. The Morgan fingerprint density at radius 2 is 2.45 bits per heavy atom. The Morgan fingerprint density at radius 1 is 1.64 bits per heavy atom. The van der Waals surface area contributed by atoms with Crippen LogP contribution < -0.4 is 10.6 Å². The van der Waals surface area contributed by atoms with E-state index >= 15 is 0 Å². The first-order valence-corrected chi connectivity index (χ1v) is 3.79. The van der Waals surface area contributed by atoms with E-state index in [1.54, 1.807) is 7.05 Å². The van der Waals surface area contributed by atoms with Crippen LogP contribution in [0.5, 0.6) is 0 Å². The van der Waals surface area contributed by atoms with E-state index in [-0.39, 0.29) is 0 Å². The van der Waals surface area contributed by atoms with Gasteiger partial charge in [-0.25, -0.2) is 0 Å². The zero-order valence-corrected chi connectivity index (χ0v) is 6.42. The minimum Gasteiger partial charge on any atom is -0.364 e. The van der Waals surface area contributed by atoms with Gasteiger partial charge in [0.2, 0.25) is 5.88 Å². The molecule has 0 unspecified atom stereocenters. The number of hydrogen-bond acceptors (Lipinski definition) is 4. The van der Waals surface area contributed by atoms with E-state index in [0.29, 0.717) is 11.9 Å². The quantitative estimate of drug-likeness (QED) is 0.687. The van der Waals surface area contributed by atoms with Crippen LogP contribution in [0.4, 0.5) is 11.7 Å². The average Bonchev–Trinajstić information content (AvgIpc) is 2.68. The summed E-state index contributed by atoms with van der Waals surface area (Å²) >= 11 is 0. The molecule has 2 rings (SSSR count). The van der Waals surface area contributed by atoms with Gasteiger partial charge in [0.1, 0.15) is 0 Å². The van der Waals surface area contributed by atoms with Gasteiger partial charge < -0.3 is 15.2 Å². The smallest absolute Gasteiger partial charge is 0.226 e. The molecular formula is C7H11N3O. The summed E-state index contributed by atoms with van der Waals surface area (Å²) in [6.45, 7) is 0. The van der Waals surface area contributed by atoms with Crippen molar-refractivity contribution in [2.24, 2.45) is 0 Å². The zero-order chi connectivity index (χ0) is 7.68. The lowest BCUT2D eigenvalue weighted by Gasteiger charge is -1.93. The van der Waals surface area contributed by atoms with Crippen molar-refractivity contribution in [3.63, 3.8) is 0 Å². The molecule has 1 aliphatic rings. The highest BCUT2D eigenvalue weighted by molar-refractivity contribution is 5.45. The molecule has 60 valence electrons. The summed E-state index contributed by atoms with van der Waals surface area (Å²) in [6.07, 6.45) is 2.50. The Hall–Kier alpha value is -1.19. The summed E-state index contributed by atoms with van der Waals surface area (Å²) in [5, 5.41) is 9.92. The van der Waals surface area contributed by atoms with Gasteiger partial charge in [-0.15, -0.1) is 0 Å². The summed E-state index contributed by atoms with van der Waals surface area (Å²) in [5.41, 5.74) is 0. The highest BCUT2D eigenvalue weighted by Gasteiger charge is 2.21. The lowest BCUT2D eigenvalue weighted by molar-refractivity contribution is 0.436. The third kappa shape index (κ3) is 1.45. The first-order valence-electron chi connectivity index (χ1n) is 3.79. The molecule has 0 aliphatic heterocycles. The maximum atomic E-state index is 4.92. The minimum atomic E-state index is 0.629. The average molecular weight is 153 g/mol. The van der Waals surface area contributed by atoms with Gasteiger partial charge in [-0.1, -0.05) is 5.16 Å². The predicted molar refractivity (Wildman–Crippen MR) is 42.7 cm³/mol. The Balaban J connectivity index is 1.99. The van der Waals surface area contributed by atoms with Crippen molar-refractivity contribution in [3.05, 3.63) is 6.07 Å². The lowest BCUT2D eigenvalue weighted by Crippen LogP contribution is -2.00. The Labute approximate surface area is 65.0 Å². The topological polar surface area (TPSA) is 50.1 Å². The Bertz CT molecular complexity index is 242. The van der Waals surface area contributed by atoms with Crippen molar-refractivity contribution in [3.8, 4) is 0 Å². The summed E-state index contributed by atoms with van der Waals surface area (Å²) in [7, 11) is 1.81. The van der Waals surface area contributed by atoms with E-state index in [0.717, 1.165) is 5.82 Å². The molecule has 2 N–H and O–H groups in total. The van der Waals surface area contributed by atoms with Gasteiger partial charge in [0.25, 0.3) is 0 Å². The lowest BCUT2D eigenvalue weighted by atomic mass is 10.5. The zero-order valence-electron chi connectivity index (χ0n) is 6.42. The fourth-order valence-corrected chi connectivity index (χ4v) is 0.898. The van der Waals surface area contributed by atoms with Crippen LogP contribution in [0, 0.1) is 0 Å². The van der Waals surface area contributed by atoms with Crippen LogP contribution in [0.3, 0.4) is 0 Å². The Morgan fingerprint density at radius 3 is 3.00 bits per heavy atom. The number of aromatic nitrogens is 1. The monoisotopic (exact) mass is 153 g/mol. The van der Waals surface area contributed by atoms with Crippen molar-refractivity contribution < 1.29 is 4.52 Å². The SMILES string of the molecule is CNc1cc(NC2CC2)no1. The van der Waals surface area contributed by atoms with Crippen molar-refractivity contribution in [1.82, 2.24) is 5.16 Å². The van der Waals surface area contributed by atoms with Gasteiger partial charge in [0.05, 0.1) is 0 Å². The van der Waals surface area contributed by atoms with E-state index in [4.69, 9.17) is 4.52 Å². The molecule has 0 bridgehead atoms. The van der Waals surface area contributed by atoms with E-state index in [9.17, 15) is 0 Å². The summed E-state index contributed by atoms with van der Waals surface area (Å²) in [5.74, 6) is 1.53. The largest absolute Gasteiger partial charge is 0.364 e. The molecule has 11 heavy (non-hydrogen) atoms. The van der Waals surface area contributed by atoms with Crippen LogP contribution in [0.15, 0.2) is 10.6 Å². The van der Waals surface area contributed by atoms with E-state index < -0.39 is 0 Å². The fourth-order valence-electron chi connectivity index (χ4n) is 0.898. The van der Waals surface area contributed by atoms with Gasteiger partial charge in [-0.3, -0.25) is 0 Å². The molecule has 4 heteroatoms. The fraction of sp³-hybridized carbons (Fsp3) is 0.571. The summed E-state index contributed by atoms with van der Waals surface area (Å²) < 4.78 is 4.92. The molecule has 0 amide bonds. The molecule has 1 aliphatic carbocycles. The molecule has 1 heterocycles.